The van der Waals surface area contributed by atoms with E-state index in [4.69, 9.17) is 18.0 Å². The lowest BCUT2D eigenvalue weighted by molar-refractivity contribution is -0.136. The number of hydrogen-bond donors (Lipinski definition) is 1. The van der Waals surface area contributed by atoms with Gasteiger partial charge >= 0.3 is 0 Å². The van der Waals surface area contributed by atoms with Gasteiger partial charge in [-0.25, -0.2) is 0 Å². The minimum absolute atomic E-state index is 0.0958. The average molecular weight is 290 g/mol. The number of nitrogens with zero attached hydrogens (tertiary/aromatic N) is 1. The monoisotopic (exact) mass is 290 g/mol. The summed E-state index contributed by atoms with van der Waals surface area (Å²) >= 11 is 5.17. The van der Waals surface area contributed by atoms with Crippen LogP contribution in [0, 0.1) is 5.41 Å². The molecule has 0 aromatic heterocycles. The quantitative estimate of drug-likeness (QED) is 0.848. The van der Waals surface area contributed by atoms with Gasteiger partial charge in [-0.3, -0.25) is 4.79 Å². The predicted octanol–water partition coefficient (Wildman–Crippen LogP) is 2.53. The number of amides is 1. The van der Waals surface area contributed by atoms with E-state index in [1.54, 1.807) is 4.90 Å². The highest BCUT2D eigenvalue weighted by atomic mass is 32.1. The summed E-state index contributed by atoms with van der Waals surface area (Å²) < 4.78 is 0. The summed E-state index contributed by atoms with van der Waals surface area (Å²) in [4.78, 5) is 14.8. The molecule has 0 heterocycles. The number of rotatable bonds is 5. The predicted molar refractivity (Wildman–Crippen MR) is 85.5 cm³/mol. The van der Waals surface area contributed by atoms with E-state index < -0.39 is 5.41 Å². The Morgan fingerprint density at radius 3 is 2.45 bits per heavy atom. The highest BCUT2D eigenvalue weighted by molar-refractivity contribution is 7.80. The van der Waals surface area contributed by atoms with E-state index in [0.29, 0.717) is 11.5 Å². The maximum atomic E-state index is 12.7. The summed E-state index contributed by atoms with van der Waals surface area (Å²) in [5.74, 6) is 0.0958. The lowest BCUT2D eigenvalue weighted by Crippen LogP contribution is -2.48. The number of nitrogens with two attached hydrogens (primary N) is 1. The number of carbonyl (C=O) groups excluding carboxylic acids is 1. The molecule has 1 saturated carbocycles. The summed E-state index contributed by atoms with van der Waals surface area (Å²) in [6, 6.07) is 10.2. The number of hydrogen-bond acceptors (Lipinski definition) is 2. The normalized spacial score (nSPS) is 16.9. The van der Waals surface area contributed by atoms with Crippen molar-refractivity contribution in [1.29, 1.82) is 0 Å². The zero-order valence-corrected chi connectivity index (χ0v) is 12.8. The first-order valence-electron chi connectivity index (χ1n) is 7.16. The van der Waals surface area contributed by atoms with Gasteiger partial charge in [0.25, 0.3) is 0 Å². The zero-order chi connectivity index (χ0) is 14.6. The Balaban J connectivity index is 1.99. The van der Waals surface area contributed by atoms with Crippen LogP contribution < -0.4 is 5.73 Å². The molecule has 0 bridgehead atoms. The van der Waals surface area contributed by atoms with Crippen molar-refractivity contribution in [2.24, 2.45) is 11.1 Å². The van der Waals surface area contributed by atoms with Crippen LogP contribution in [0.4, 0.5) is 0 Å². The molecule has 0 spiro atoms. The second-order valence-electron chi connectivity index (χ2n) is 5.62. The van der Waals surface area contributed by atoms with E-state index in [1.165, 1.54) is 5.56 Å². The first-order chi connectivity index (χ1) is 9.56. The minimum atomic E-state index is -0.583. The summed E-state index contributed by atoms with van der Waals surface area (Å²) in [6.45, 7) is 0.702. The molecule has 4 heteroatoms. The number of thiocarbonyl (C=S) groups is 1. The lowest BCUT2D eigenvalue weighted by atomic mass is 9.84. The van der Waals surface area contributed by atoms with Gasteiger partial charge in [0.15, 0.2) is 0 Å². The molecule has 0 atom stereocenters. The summed E-state index contributed by atoms with van der Waals surface area (Å²) in [5, 5.41) is 0. The van der Waals surface area contributed by atoms with E-state index in [-0.39, 0.29) is 5.91 Å². The SMILES string of the molecule is CN(CCc1ccccc1)C(=O)C1(C(N)=S)CCCC1. The van der Waals surface area contributed by atoms with Gasteiger partial charge in [-0.2, -0.15) is 0 Å². The highest BCUT2D eigenvalue weighted by Crippen LogP contribution is 2.39. The molecule has 1 amide bonds. The van der Waals surface area contributed by atoms with E-state index in [9.17, 15) is 4.79 Å². The Bertz CT molecular complexity index is 481. The van der Waals surface area contributed by atoms with Crippen LogP contribution in [0.1, 0.15) is 31.2 Å². The second kappa shape index (κ2) is 6.35. The molecular formula is C16H22N2OS. The lowest BCUT2D eigenvalue weighted by Gasteiger charge is -2.31. The molecule has 0 radical (unpaired) electrons. The van der Waals surface area contributed by atoms with Gasteiger partial charge < -0.3 is 10.6 Å². The van der Waals surface area contributed by atoms with Crippen LogP contribution in [0.15, 0.2) is 30.3 Å². The van der Waals surface area contributed by atoms with Gasteiger partial charge in [-0.15, -0.1) is 0 Å². The van der Waals surface area contributed by atoms with Crippen molar-refractivity contribution in [2.45, 2.75) is 32.1 Å². The molecule has 3 nitrogen and oxygen atoms in total. The largest absolute Gasteiger partial charge is 0.392 e. The van der Waals surface area contributed by atoms with Gasteiger partial charge in [0.05, 0.1) is 10.4 Å². The molecule has 2 N–H and O–H groups in total. The molecule has 1 aliphatic rings. The van der Waals surface area contributed by atoms with Crippen molar-refractivity contribution in [3.8, 4) is 0 Å². The minimum Gasteiger partial charge on any atom is -0.392 e. The Labute approximate surface area is 126 Å². The molecule has 1 aliphatic carbocycles. The van der Waals surface area contributed by atoms with E-state index in [1.807, 2.05) is 25.2 Å². The van der Waals surface area contributed by atoms with Crippen molar-refractivity contribution in [3.63, 3.8) is 0 Å². The third-order valence-electron chi connectivity index (χ3n) is 4.26. The fourth-order valence-corrected chi connectivity index (χ4v) is 3.24. The zero-order valence-electron chi connectivity index (χ0n) is 12.0. The van der Waals surface area contributed by atoms with Crippen LogP contribution in [-0.2, 0) is 11.2 Å². The average Bonchev–Trinajstić information content (AvgIpc) is 2.96. The highest BCUT2D eigenvalue weighted by Gasteiger charge is 2.45. The topological polar surface area (TPSA) is 46.3 Å². The summed E-state index contributed by atoms with van der Waals surface area (Å²) in [5.41, 5.74) is 6.52. The number of benzene rings is 1. The first kappa shape index (κ1) is 15.0. The van der Waals surface area contributed by atoms with Crippen LogP contribution in [0.25, 0.3) is 0 Å². The fraction of sp³-hybridized carbons (Fsp3) is 0.500. The Kier molecular flexibility index (Phi) is 4.76. The van der Waals surface area contributed by atoms with Gasteiger partial charge in [-0.1, -0.05) is 55.4 Å². The van der Waals surface area contributed by atoms with E-state index >= 15 is 0 Å². The fourth-order valence-electron chi connectivity index (χ4n) is 2.95. The van der Waals surface area contributed by atoms with E-state index in [0.717, 1.165) is 32.1 Å². The molecule has 1 aromatic rings. The van der Waals surface area contributed by atoms with Gasteiger partial charge in [0.1, 0.15) is 0 Å². The van der Waals surface area contributed by atoms with Gasteiger partial charge in [0, 0.05) is 13.6 Å². The Morgan fingerprint density at radius 1 is 1.30 bits per heavy atom. The van der Waals surface area contributed by atoms with Crippen molar-refractivity contribution in [3.05, 3.63) is 35.9 Å². The Hall–Kier alpha value is -1.42. The molecule has 0 unspecified atom stereocenters. The standard InChI is InChI=1S/C16H22N2OS/c1-18(12-9-13-7-3-2-4-8-13)15(19)16(14(17)20)10-5-6-11-16/h2-4,7-8H,5-6,9-12H2,1H3,(H2,17,20). The molecule has 1 fully saturated rings. The summed E-state index contributed by atoms with van der Waals surface area (Å²) in [6.07, 6.45) is 4.54. The van der Waals surface area contributed by atoms with Crippen molar-refractivity contribution in [2.75, 3.05) is 13.6 Å². The molecule has 20 heavy (non-hydrogen) atoms. The third-order valence-corrected chi connectivity index (χ3v) is 4.65. The van der Waals surface area contributed by atoms with Crippen LogP contribution >= 0.6 is 12.2 Å². The van der Waals surface area contributed by atoms with Crippen molar-refractivity contribution < 1.29 is 4.79 Å². The van der Waals surface area contributed by atoms with Gasteiger partial charge in [-0.05, 0) is 24.8 Å². The Morgan fingerprint density at radius 2 is 1.90 bits per heavy atom. The number of likely N-dealkylation sites (N-methyl/N-ethyl adjacent to an activating group) is 1. The van der Waals surface area contributed by atoms with Crippen molar-refractivity contribution >= 4 is 23.1 Å². The molecular weight excluding hydrogens is 268 g/mol. The van der Waals surface area contributed by atoms with Crippen molar-refractivity contribution in [1.82, 2.24) is 4.90 Å². The summed E-state index contributed by atoms with van der Waals surface area (Å²) in [7, 11) is 1.85. The molecule has 2 rings (SSSR count). The van der Waals surface area contributed by atoms with Crippen LogP contribution in [0.5, 0.6) is 0 Å². The molecule has 0 saturated heterocycles. The second-order valence-corrected chi connectivity index (χ2v) is 6.06. The smallest absolute Gasteiger partial charge is 0.235 e. The molecule has 1 aromatic carbocycles. The van der Waals surface area contributed by atoms with E-state index in [2.05, 4.69) is 12.1 Å². The third kappa shape index (κ3) is 3.01. The van der Waals surface area contributed by atoms with Crippen LogP contribution in [0.2, 0.25) is 0 Å². The van der Waals surface area contributed by atoms with Gasteiger partial charge in [0.2, 0.25) is 5.91 Å². The maximum Gasteiger partial charge on any atom is 0.235 e. The number of carbonyl (C=O) groups is 1. The van der Waals surface area contributed by atoms with Crippen LogP contribution in [-0.4, -0.2) is 29.4 Å². The molecule has 0 aliphatic heterocycles. The van der Waals surface area contributed by atoms with Crippen LogP contribution in [0.3, 0.4) is 0 Å². The molecule has 108 valence electrons. The maximum absolute atomic E-state index is 12.7. The first-order valence-corrected chi connectivity index (χ1v) is 7.56.